The molecule has 1 amide bonds. The number of carbonyl (C=O) groups is 1. The molecule has 0 spiro atoms. The fraction of sp³-hybridized carbons (Fsp3) is 0.250. The van der Waals surface area contributed by atoms with Gasteiger partial charge in [0, 0.05) is 30.9 Å². The Labute approximate surface area is 181 Å². The van der Waals surface area contributed by atoms with E-state index in [1.165, 1.54) is 21.3 Å². The van der Waals surface area contributed by atoms with Gasteiger partial charge in [-0.15, -0.1) is 0 Å². The van der Waals surface area contributed by atoms with Gasteiger partial charge in [-0.2, -0.15) is 0 Å². The van der Waals surface area contributed by atoms with Gasteiger partial charge in [-0.25, -0.2) is 4.98 Å². The van der Waals surface area contributed by atoms with Crippen LogP contribution in [-0.2, 0) is 6.54 Å². The fourth-order valence-corrected chi connectivity index (χ4v) is 2.99. The van der Waals surface area contributed by atoms with Crippen LogP contribution >= 0.6 is 0 Å². The third kappa shape index (κ3) is 5.25. The number of nitrogens with one attached hydrogen (secondary N) is 1. The summed E-state index contributed by atoms with van der Waals surface area (Å²) >= 11 is 0. The lowest BCUT2D eigenvalue weighted by Crippen LogP contribution is -2.23. The number of carbonyl (C=O) groups excluding carboxylic acids is 1. The maximum atomic E-state index is 12.7. The molecule has 0 bridgehead atoms. The first-order chi connectivity index (χ1) is 14.9. The summed E-state index contributed by atoms with van der Waals surface area (Å²) in [5.41, 5.74) is 3.34. The van der Waals surface area contributed by atoms with Crippen LogP contribution in [0.25, 0.3) is 0 Å². The molecule has 2 aromatic carbocycles. The van der Waals surface area contributed by atoms with Crippen molar-refractivity contribution in [3.8, 4) is 28.9 Å². The van der Waals surface area contributed by atoms with Crippen LogP contribution in [0.3, 0.4) is 0 Å². The first kappa shape index (κ1) is 22.0. The number of aryl methyl sites for hydroxylation is 2. The lowest BCUT2D eigenvalue weighted by molar-refractivity contribution is 0.0947. The minimum absolute atomic E-state index is 0.298. The SMILES string of the molecule is COc1cc(OC)c(C(=O)NCc2ccc(Oc3cc(C)ccc3C)nc2)cc1OC. The molecule has 0 saturated heterocycles. The standard InChI is InChI=1S/C24H26N2O5/c1-15-6-7-16(2)19(10-15)31-23-9-8-17(13-25-23)14-26-24(27)18-11-21(29-4)22(30-5)12-20(18)28-3/h6-13H,14H2,1-5H3,(H,26,27). The molecule has 0 atom stereocenters. The lowest BCUT2D eigenvalue weighted by atomic mass is 10.1. The minimum atomic E-state index is -0.298. The van der Waals surface area contributed by atoms with Crippen LogP contribution in [0.5, 0.6) is 28.9 Å². The van der Waals surface area contributed by atoms with Crippen molar-refractivity contribution < 1.29 is 23.7 Å². The smallest absolute Gasteiger partial charge is 0.255 e. The number of amides is 1. The lowest BCUT2D eigenvalue weighted by Gasteiger charge is -2.14. The number of benzene rings is 2. The maximum Gasteiger partial charge on any atom is 0.255 e. The van der Waals surface area contributed by atoms with Crippen molar-refractivity contribution in [2.24, 2.45) is 0 Å². The molecule has 1 N–H and O–H groups in total. The van der Waals surface area contributed by atoms with Gasteiger partial charge in [-0.05, 0) is 36.6 Å². The Hall–Kier alpha value is -3.74. The summed E-state index contributed by atoms with van der Waals surface area (Å²) in [4.78, 5) is 17.1. The number of nitrogens with zero attached hydrogens (tertiary/aromatic N) is 1. The van der Waals surface area contributed by atoms with Gasteiger partial charge < -0.3 is 24.3 Å². The third-order valence-electron chi connectivity index (χ3n) is 4.76. The molecule has 0 aliphatic rings. The van der Waals surface area contributed by atoms with E-state index < -0.39 is 0 Å². The zero-order valence-electron chi connectivity index (χ0n) is 18.3. The minimum Gasteiger partial charge on any atom is -0.496 e. The van der Waals surface area contributed by atoms with E-state index in [0.29, 0.717) is 35.2 Å². The molecule has 31 heavy (non-hydrogen) atoms. The van der Waals surface area contributed by atoms with Crippen molar-refractivity contribution in [1.29, 1.82) is 0 Å². The molecule has 3 aromatic rings. The highest BCUT2D eigenvalue weighted by molar-refractivity contribution is 5.97. The van der Waals surface area contributed by atoms with Gasteiger partial charge >= 0.3 is 0 Å². The van der Waals surface area contributed by atoms with E-state index in [2.05, 4.69) is 10.3 Å². The van der Waals surface area contributed by atoms with Crippen LogP contribution in [0.2, 0.25) is 0 Å². The third-order valence-corrected chi connectivity index (χ3v) is 4.76. The Kier molecular flexibility index (Phi) is 6.97. The van der Waals surface area contributed by atoms with E-state index in [0.717, 1.165) is 22.4 Å². The molecule has 0 saturated carbocycles. The van der Waals surface area contributed by atoms with Gasteiger partial charge in [0.25, 0.3) is 5.91 Å². The van der Waals surface area contributed by atoms with Gasteiger partial charge in [0.1, 0.15) is 11.5 Å². The average molecular weight is 422 g/mol. The van der Waals surface area contributed by atoms with Crippen molar-refractivity contribution in [3.63, 3.8) is 0 Å². The number of rotatable bonds is 8. The Bertz CT molecular complexity index is 1060. The quantitative estimate of drug-likeness (QED) is 0.578. The molecule has 1 heterocycles. The molecule has 0 radical (unpaired) electrons. The fourth-order valence-electron chi connectivity index (χ4n) is 2.99. The van der Waals surface area contributed by atoms with Crippen molar-refractivity contribution in [1.82, 2.24) is 10.3 Å². The summed E-state index contributed by atoms with van der Waals surface area (Å²) in [6.45, 7) is 4.30. The number of methoxy groups -OCH3 is 3. The molecule has 3 rings (SSSR count). The summed E-state index contributed by atoms with van der Waals surface area (Å²) in [5.74, 6) is 2.29. The van der Waals surface area contributed by atoms with Crippen molar-refractivity contribution in [2.45, 2.75) is 20.4 Å². The molecule has 0 aliphatic carbocycles. The maximum absolute atomic E-state index is 12.7. The molecule has 0 fully saturated rings. The van der Waals surface area contributed by atoms with E-state index in [-0.39, 0.29) is 5.91 Å². The van der Waals surface area contributed by atoms with E-state index in [1.54, 1.807) is 24.4 Å². The van der Waals surface area contributed by atoms with Crippen molar-refractivity contribution in [2.75, 3.05) is 21.3 Å². The second-order valence-corrected chi connectivity index (χ2v) is 6.97. The molecular formula is C24H26N2O5. The van der Waals surface area contributed by atoms with E-state index in [9.17, 15) is 4.79 Å². The summed E-state index contributed by atoms with van der Waals surface area (Å²) in [6.07, 6.45) is 1.67. The van der Waals surface area contributed by atoms with Crippen LogP contribution < -0.4 is 24.3 Å². The molecule has 0 aliphatic heterocycles. The Morgan fingerprint density at radius 3 is 2.23 bits per heavy atom. The van der Waals surface area contributed by atoms with Gasteiger partial charge in [-0.1, -0.05) is 18.2 Å². The van der Waals surface area contributed by atoms with Gasteiger partial charge in [-0.3, -0.25) is 4.79 Å². The summed E-state index contributed by atoms with van der Waals surface area (Å²) in [6, 6.07) is 12.9. The highest BCUT2D eigenvalue weighted by Gasteiger charge is 2.17. The Morgan fingerprint density at radius 1 is 0.871 bits per heavy atom. The van der Waals surface area contributed by atoms with Crippen LogP contribution in [-0.4, -0.2) is 32.2 Å². The normalized spacial score (nSPS) is 10.4. The number of hydrogen-bond donors (Lipinski definition) is 1. The highest BCUT2D eigenvalue weighted by Crippen LogP contribution is 2.34. The van der Waals surface area contributed by atoms with Crippen LogP contribution in [0.4, 0.5) is 0 Å². The topological polar surface area (TPSA) is 78.9 Å². The Balaban J connectivity index is 1.67. The first-order valence-corrected chi connectivity index (χ1v) is 9.73. The number of ether oxygens (including phenoxy) is 4. The van der Waals surface area contributed by atoms with E-state index >= 15 is 0 Å². The van der Waals surface area contributed by atoms with Crippen LogP contribution in [0, 0.1) is 13.8 Å². The summed E-state index contributed by atoms with van der Waals surface area (Å²) in [7, 11) is 4.54. The van der Waals surface area contributed by atoms with Gasteiger partial charge in [0.2, 0.25) is 5.88 Å². The van der Waals surface area contributed by atoms with Crippen molar-refractivity contribution in [3.05, 3.63) is 70.9 Å². The van der Waals surface area contributed by atoms with Gasteiger partial charge in [0.15, 0.2) is 11.5 Å². The molecule has 0 unspecified atom stereocenters. The summed E-state index contributed by atoms with van der Waals surface area (Å²) in [5, 5.41) is 2.87. The first-order valence-electron chi connectivity index (χ1n) is 9.73. The zero-order chi connectivity index (χ0) is 22.4. The monoisotopic (exact) mass is 422 g/mol. The van der Waals surface area contributed by atoms with Crippen molar-refractivity contribution >= 4 is 5.91 Å². The Morgan fingerprint density at radius 2 is 1.58 bits per heavy atom. The highest BCUT2D eigenvalue weighted by atomic mass is 16.5. The van der Waals surface area contributed by atoms with E-state index in [4.69, 9.17) is 18.9 Å². The molecule has 162 valence electrons. The van der Waals surface area contributed by atoms with Gasteiger partial charge in [0.05, 0.1) is 26.9 Å². The number of pyridine rings is 1. The zero-order valence-corrected chi connectivity index (χ0v) is 18.3. The van der Waals surface area contributed by atoms with E-state index in [1.807, 2.05) is 38.1 Å². The molecule has 7 heteroatoms. The largest absolute Gasteiger partial charge is 0.496 e. The summed E-state index contributed by atoms with van der Waals surface area (Å²) < 4.78 is 21.7. The molecule has 1 aromatic heterocycles. The predicted octanol–water partition coefficient (Wildman–Crippen LogP) is 4.45. The van der Waals surface area contributed by atoms with Crippen LogP contribution in [0.15, 0.2) is 48.7 Å². The molecule has 7 nitrogen and oxygen atoms in total. The number of hydrogen-bond acceptors (Lipinski definition) is 6. The second-order valence-electron chi connectivity index (χ2n) is 6.97. The predicted molar refractivity (Wildman–Crippen MR) is 117 cm³/mol. The average Bonchev–Trinajstić information content (AvgIpc) is 2.79. The molecular weight excluding hydrogens is 396 g/mol. The van der Waals surface area contributed by atoms with Crippen LogP contribution in [0.1, 0.15) is 27.0 Å². The number of aromatic nitrogens is 1. The second kappa shape index (κ2) is 9.84.